The molecule has 0 aliphatic rings. The Labute approximate surface area is 201 Å². The molecule has 0 fully saturated rings. The Morgan fingerprint density at radius 2 is 1.76 bits per heavy atom. The number of nitrogens with one attached hydrogen (secondary N) is 1. The Bertz CT molecular complexity index is 1390. The van der Waals surface area contributed by atoms with Crippen LogP contribution in [0.25, 0.3) is 33.3 Å². The van der Waals surface area contributed by atoms with Gasteiger partial charge in [0.1, 0.15) is 0 Å². The lowest BCUT2D eigenvalue weighted by Crippen LogP contribution is -2.11. The summed E-state index contributed by atoms with van der Waals surface area (Å²) in [4.78, 5) is 27.1. The van der Waals surface area contributed by atoms with Gasteiger partial charge >= 0.3 is 0 Å². The monoisotopic (exact) mass is 469 g/mol. The maximum absolute atomic E-state index is 12.6. The molecule has 8 heteroatoms. The second-order valence-electron chi connectivity index (χ2n) is 7.81. The van der Waals surface area contributed by atoms with Gasteiger partial charge in [0.05, 0.1) is 16.8 Å². The van der Waals surface area contributed by atoms with Crippen LogP contribution in [-0.2, 0) is 18.3 Å². The van der Waals surface area contributed by atoms with Crippen LogP contribution < -0.4 is 5.32 Å². The first-order valence-electron chi connectivity index (χ1n) is 11.0. The van der Waals surface area contributed by atoms with Gasteiger partial charge in [-0.3, -0.25) is 4.79 Å². The molecular formula is C26H23N5O2S. The van der Waals surface area contributed by atoms with Crippen LogP contribution in [0.2, 0.25) is 0 Å². The van der Waals surface area contributed by atoms with Crippen molar-refractivity contribution in [2.45, 2.75) is 19.3 Å². The van der Waals surface area contributed by atoms with E-state index in [2.05, 4.69) is 15.3 Å². The molecule has 0 unspecified atom stereocenters. The number of aryl methyl sites for hydroxylation is 2. The topological polar surface area (TPSA) is 85.8 Å². The molecule has 0 atom stereocenters. The molecule has 0 aliphatic carbocycles. The van der Waals surface area contributed by atoms with E-state index in [-0.39, 0.29) is 5.91 Å². The minimum Gasteiger partial charge on any atom is -0.441 e. The molecule has 170 valence electrons. The van der Waals surface area contributed by atoms with Gasteiger partial charge in [0, 0.05) is 43.4 Å². The molecular weight excluding hydrogens is 446 g/mol. The Hall–Kier alpha value is -4.04. The zero-order chi connectivity index (χ0) is 23.3. The fraction of sp³-hybridized carbons (Fsp3) is 0.154. The van der Waals surface area contributed by atoms with Crippen molar-refractivity contribution in [3.05, 3.63) is 85.1 Å². The third-order valence-electron chi connectivity index (χ3n) is 5.35. The molecule has 3 heterocycles. The molecule has 3 aromatic heterocycles. The first-order valence-corrected chi connectivity index (χ1v) is 11.8. The lowest BCUT2D eigenvalue weighted by atomic mass is 10.1. The Morgan fingerprint density at radius 1 is 1.03 bits per heavy atom. The number of oxazole rings is 1. The largest absolute Gasteiger partial charge is 0.441 e. The van der Waals surface area contributed by atoms with E-state index in [0.29, 0.717) is 30.3 Å². The highest BCUT2D eigenvalue weighted by atomic mass is 32.1. The third-order valence-corrected chi connectivity index (χ3v) is 6.32. The molecule has 2 aromatic carbocycles. The molecule has 1 amide bonds. The first-order chi connectivity index (χ1) is 16.7. The van der Waals surface area contributed by atoms with Crippen molar-refractivity contribution >= 4 is 22.4 Å². The van der Waals surface area contributed by atoms with Gasteiger partial charge in [-0.15, -0.1) is 0 Å². The average Bonchev–Trinajstić information content (AvgIpc) is 3.60. The zero-order valence-electron chi connectivity index (χ0n) is 18.6. The predicted molar refractivity (Wildman–Crippen MR) is 133 cm³/mol. The number of benzene rings is 2. The number of hydrogen-bond donors (Lipinski definition) is 1. The number of carbonyl (C=O) groups is 1. The summed E-state index contributed by atoms with van der Waals surface area (Å²) in [7, 11) is 1.95. The van der Waals surface area contributed by atoms with Crippen LogP contribution >= 0.6 is 11.3 Å². The second kappa shape index (κ2) is 9.84. The molecule has 0 spiro atoms. The minimum absolute atomic E-state index is 0.0883. The summed E-state index contributed by atoms with van der Waals surface area (Å²) in [5.41, 5.74) is 2.78. The van der Waals surface area contributed by atoms with Crippen molar-refractivity contribution in [2.75, 3.05) is 5.32 Å². The SMILES string of the molecule is Cn1ccnc1-c1sc(NC(=O)CCCc2ncc(-c3ccccc3)o2)nc1-c1ccccc1. The summed E-state index contributed by atoms with van der Waals surface area (Å²) in [6, 6.07) is 19.8. The van der Waals surface area contributed by atoms with E-state index in [0.717, 1.165) is 33.3 Å². The number of imidazole rings is 1. The predicted octanol–water partition coefficient (Wildman–Crippen LogP) is 5.83. The molecule has 0 saturated heterocycles. The van der Waals surface area contributed by atoms with Gasteiger partial charge in [0.15, 0.2) is 22.6 Å². The highest BCUT2D eigenvalue weighted by Gasteiger charge is 2.19. The summed E-state index contributed by atoms with van der Waals surface area (Å²) in [6.45, 7) is 0. The van der Waals surface area contributed by atoms with Crippen LogP contribution in [0.5, 0.6) is 0 Å². The first kappa shape index (κ1) is 21.8. The molecule has 34 heavy (non-hydrogen) atoms. The van der Waals surface area contributed by atoms with Crippen molar-refractivity contribution in [3.8, 4) is 33.3 Å². The van der Waals surface area contributed by atoms with E-state index in [4.69, 9.17) is 9.40 Å². The van der Waals surface area contributed by atoms with Gasteiger partial charge in [0.25, 0.3) is 0 Å². The van der Waals surface area contributed by atoms with Crippen molar-refractivity contribution in [3.63, 3.8) is 0 Å². The van der Waals surface area contributed by atoms with Crippen LogP contribution in [0.15, 0.2) is 83.7 Å². The lowest BCUT2D eigenvalue weighted by molar-refractivity contribution is -0.116. The molecule has 0 bridgehead atoms. The second-order valence-corrected chi connectivity index (χ2v) is 8.81. The minimum atomic E-state index is -0.0883. The fourth-order valence-corrected chi connectivity index (χ4v) is 4.69. The van der Waals surface area contributed by atoms with Crippen LogP contribution in [-0.4, -0.2) is 25.4 Å². The van der Waals surface area contributed by atoms with E-state index in [1.807, 2.05) is 78.5 Å². The Kier molecular flexibility index (Phi) is 6.31. The summed E-state index contributed by atoms with van der Waals surface area (Å²) in [5.74, 6) is 2.09. The molecule has 7 nitrogen and oxygen atoms in total. The standard InChI is InChI=1S/C26H23N5O2S/c1-31-16-15-27-25(31)24-23(19-11-6-3-7-12-19)30-26(34-24)29-21(32)13-8-14-22-28-17-20(33-22)18-9-4-2-5-10-18/h2-7,9-12,15-17H,8,13-14H2,1H3,(H,29,30,32). The number of carbonyl (C=O) groups excluding carboxylic acids is 1. The highest BCUT2D eigenvalue weighted by Crippen LogP contribution is 2.38. The lowest BCUT2D eigenvalue weighted by Gasteiger charge is -2.02. The van der Waals surface area contributed by atoms with Gasteiger partial charge in [-0.2, -0.15) is 0 Å². The number of thiazole rings is 1. The molecule has 0 saturated carbocycles. The maximum atomic E-state index is 12.6. The van der Waals surface area contributed by atoms with Gasteiger partial charge in [-0.1, -0.05) is 72.0 Å². The van der Waals surface area contributed by atoms with Gasteiger partial charge in [-0.25, -0.2) is 15.0 Å². The quantitative estimate of drug-likeness (QED) is 0.309. The van der Waals surface area contributed by atoms with Crippen LogP contribution in [0.3, 0.4) is 0 Å². The molecule has 5 rings (SSSR count). The maximum Gasteiger partial charge on any atom is 0.226 e. The van der Waals surface area contributed by atoms with Crippen LogP contribution in [0.4, 0.5) is 5.13 Å². The Balaban J connectivity index is 1.24. The van der Waals surface area contributed by atoms with Gasteiger partial charge < -0.3 is 14.3 Å². The Morgan fingerprint density at radius 3 is 2.47 bits per heavy atom. The molecule has 1 N–H and O–H groups in total. The number of hydrogen-bond acceptors (Lipinski definition) is 6. The summed E-state index contributed by atoms with van der Waals surface area (Å²) in [6.07, 6.45) is 6.95. The van der Waals surface area contributed by atoms with E-state index >= 15 is 0 Å². The number of nitrogens with zero attached hydrogens (tertiary/aromatic N) is 4. The third kappa shape index (κ3) is 4.82. The summed E-state index contributed by atoms with van der Waals surface area (Å²) < 4.78 is 7.78. The van der Waals surface area contributed by atoms with Crippen molar-refractivity contribution in [1.82, 2.24) is 19.5 Å². The smallest absolute Gasteiger partial charge is 0.226 e. The zero-order valence-corrected chi connectivity index (χ0v) is 19.5. The van der Waals surface area contributed by atoms with Crippen LogP contribution in [0.1, 0.15) is 18.7 Å². The molecule has 5 aromatic rings. The van der Waals surface area contributed by atoms with E-state index in [9.17, 15) is 4.79 Å². The van der Waals surface area contributed by atoms with Crippen molar-refractivity contribution < 1.29 is 9.21 Å². The van der Waals surface area contributed by atoms with Crippen LogP contribution in [0, 0.1) is 0 Å². The highest BCUT2D eigenvalue weighted by molar-refractivity contribution is 7.19. The van der Waals surface area contributed by atoms with Gasteiger partial charge in [0.2, 0.25) is 5.91 Å². The van der Waals surface area contributed by atoms with E-state index < -0.39 is 0 Å². The number of rotatable bonds is 8. The van der Waals surface area contributed by atoms with E-state index in [1.165, 1.54) is 11.3 Å². The normalized spacial score (nSPS) is 11.0. The average molecular weight is 470 g/mol. The summed E-state index contributed by atoms with van der Waals surface area (Å²) in [5, 5.41) is 3.51. The number of anilines is 1. The van der Waals surface area contributed by atoms with Crippen molar-refractivity contribution in [2.24, 2.45) is 7.05 Å². The molecule has 0 radical (unpaired) electrons. The number of amides is 1. The van der Waals surface area contributed by atoms with Crippen molar-refractivity contribution in [1.29, 1.82) is 0 Å². The fourth-order valence-electron chi connectivity index (χ4n) is 3.64. The van der Waals surface area contributed by atoms with E-state index in [1.54, 1.807) is 12.4 Å². The molecule has 0 aliphatic heterocycles. The summed E-state index contributed by atoms with van der Waals surface area (Å²) >= 11 is 1.43. The number of aromatic nitrogens is 4. The van der Waals surface area contributed by atoms with Gasteiger partial charge in [-0.05, 0) is 6.42 Å².